The summed E-state index contributed by atoms with van der Waals surface area (Å²) >= 11 is 12.6. The third-order valence-corrected chi connectivity index (χ3v) is 8.48. The van der Waals surface area contributed by atoms with E-state index >= 15 is 0 Å². The van der Waals surface area contributed by atoms with Crippen molar-refractivity contribution in [3.8, 4) is 22.6 Å². The molecule has 1 fully saturated rings. The smallest absolute Gasteiger partial charge is 0.243 e. The summed E-state index contributed by atoms with van der Waals surface area (Å²) in [6.45, 7) is -0.0484. The van der Waals surface area contributed by atoms with E-state index < -0.39 is 40.2 Å². The van der Waals surface area contributed by atoms with Gasteiger partial charge in [0.05, 0.1) is 36.7 Å². The molecule has 1 aliphatic rings. The molecular weight excluding hydrogens is 593 g/mol. The van der Waals surface area contributed by atoms with Crippen LogP contribution in [0.4, 0.5) is 0 Å². The summed E-state index contributed by atoms with van der Waals surface area (Å²) in [5.74, 6) is -1.64. The number of rotatable bonds is 10. The van der Waals surface area contributed by atoms with Gasteiger partial charge in [-0.05, 0) is 61.3 Å². The van der Waals surface area contributed by atoms with Crippen molar-refractivity contribution in [2.75, 3.05) is 27.3 Å². The number of halogens is 2. The number of hydrogen-bond acceptors (Lipinski definition) is 8. The number of benzene rings is 3. The molecule has 1 atom stereocenters. The molecule has 4 rings (SSSR count). The molecule has 1 heterocycles. The molecule has 10 nitrogen and oxygen atoms in total. The number of ether oxygens (including phenoxy) is 2. The lowest BCUT2D eigenvalue weighted by atomic mass is 9.93. The lowest BCUT2D eigenvalue weighted by Crippen LogP contribution is -2.46. The summed E-state index contributed by atoms with van der Waals surface area (Å²) in [5, 5.41) is 5.60. The summed E-state index contributed by atoms with van der Waals surface area (Å²) in [7, 11) is -1.71. The maximum atomic E-state index is 13.7. The molecule has 0 radical (unpaired) electrons. The van der Waals surface area contributed by atoms with E-state index in [1.807, 2.05) is 0 Å². The van der Waals surface area contributed by atoms with Gasteiger partial charge in [-0.2, -0.15) is 0 Å². The van der Waals surface area contributed by atoms with Crippen LogP contribution in [0, 0.1) is 0 Å². The minimum absolute atomic E-state index is 0.00180. The number of nitrogens with one attached hydrogen (secondary N) is 3. The molecule has 3 N–H and O–H groups in total. The van der Waals surface area contributed by atoms with Crippen LogP contribution in [-0.4, -0.2) is 59.4 Å². The highest BCUT2D eigenvalue weighted by Crippen LogP contribution is 2.44. The fourth-order valence-electron chi connectivity index (χ4n) is 4.52. The Bertz CT molecular complexity index is 1610. The van der Waals surface area contributed by atoms with Crippen molar-refractivity contribution in [2.45, 2.75) is 23.8 Å². The third kappa shape index (κ3) is 6.71. The Morgan fingerprint density at radius 3 is 2.41 bits per heavy atom. The molecule has 2 amide bonds. The zero-order valence-corrected chi connectivity index (χ0v) is 24.5. The van der Waals surface area contributed by atoms with Crippen molar-refractivity contribution in [3.63, 3.8) is 0 Å². The molecular formula is C28H27Cl2N3O7S. The van der Waals surface area contributed by atoms with E-state index in [4.69, 9.17) is 32.7 Å². The number of amides is 2. The second-order valence-corrected chi connectivity index (χ2v) is 11.6. The van der Waals surface area contributed by atoms with E-state index in [1.165, 1.54) is 44.6 Å². The zero-order chi connectivity index (χ0) is 29.7. The molecule has 1 saturated heterocycles. The number of carbonyl (C=O) groups is 3. The van der Waals surface area contributed by atoms with Gasteiger partial charge < -0.3 is 14.8 Å². The quantitative estimate of drug-likeness (QED) is 0.293. The summed E-state index contributed by atoms with van der Waals surface area (Å²) in [6.07, 6.45) is 1.38. The summed E-state index contributed by atoms with van der Waals surface area (Å²) in [4.78, 5) is 38.1. The molecule has 216 valence electrons. The van der Waals surface area contributed by atoms with Crippen molar-refractivity contribution in [1.82, 2.24) is 15.4 Å². The molecule has 0 spiro atoms. The second-order valence-electron chi connectivity index (χ2n) is 9.06. The lowest BCUT2D eigenvalue weighted by molar-refractivity contribution is -0.130. The van der Waals surface area contributed by atoms with Crippen LogP contribution in [0.15, 0.2) is 59.5 Å². The van der Waals surface area contributed by atoms with Crippen LogP contribution in [0.2, 0.25) is 10.0 Å². The average molecular weight is 621 g/mol. The maximum Gasteiger partial charge on any atom is 0.243 e. The normalized spacial score (nSPS) is 14.9. The van der Waals surface area contributed by atoms with Crippen LogP contribution >= 0.6 is 23.2 Å². The molecule has 0 aliphatic carbocycles. The number of sulfonamides is 1. The fourth-order valence-corrected chi connectivity index (χ4v) is 6.10. The highest BCUT2D eigenvalue weighted by atomic mass is 35.5. The van der Waals surface area contributed by atoms with Crippen molar-refractivity contribution in [3.05, 3.63) is 75.8 Å². The SMILES string of the molecule is COc1ccc(S(=O)(=O)NCC(=O)NC(=O)[C@@H]2CCCN2)c(-c2ccc(Cl)cc2C(=O)c2ccccc2Cl)c1OC. The van der Waals surface area contributed by atoms with Crippen LogP contribution in [0.5, 0.6) is 11.5 Å². The molecule has 0 unspecified atom stereocenters. The van der Waals surface area contributed by atoms with Crippen LogP contribution in [0.1, 0.15) is 28.8 Å². The number of hydrogen-bond donors (Lipinski definition) is 3. The molecule has 13 heteroatoms. The Kier molecular flexibility index (Phi) is 9.67. The van der Waals surface area contributed by atoms with Crippen LogP contribution in [0.3, 0.4) is 0 Å². The first-order chi connectivity index (χ1) is 19.6. The zero-order valence-electron chi connectivity index (χ0n) is 22.1. The van der Waals surface area contributed by atoms with Gasteiger partial charge in [0.15, 0.2) is 17.3 Å². The summed E-state index contributed by atoms with van der Waals surface area (Å²) in [6, 6.07) is 13.0. The van der Waals surface area contributed by atoms with Gasteiger partial charge in [-0.15, -0.1) is 0 Å². The van der Waals surface area contributed by atoms with Crippen molar-refractivity contribution in [2.24, 2.45) is 0 Å². The first-order valence-electron chi connectivity index (χ1n) is 12.5. The molecule has 0 saturated carbocycles. The minimum Gasteiger partial charge on any atom is -0.493 e. The third-order valence-electron chi connectivity index (χ3n) is 6.47. The molecule has 41 heavy (non-hydrogen) atoms. The van der Waals surface area contributed by atoms with Gasteiger partial charge in [-0.25, -0.2) is 13.1 Å². The average Bonchev–Trinajstić information content (AvgIpc) is 3.51. The largest absolute Gasteiger partial charge is 0.493 e. The molecule has 1 aliphatic heterocycles. The van der Waals surface area contributed by atoms with Crippen molar-refractivity contribution < 1.29 is 32.3 Å². The van der Waals surface area contributed by atoms with Crippen LogP contribution in [0.25, 0.3) is 11.1 Å². The minimum atomic E-state index is -4.42. The number of carbonyl (C=O) groups excluding carboxylic acids is 3. The van der Waals surface area contributed by atoms with Gasteiger partial charge in [0.1, 0.15) is 0 Å². The van der Waals surface area contributed by atoms with Gasteiger partial charge >= 0.3 is 0 Å². The van der Waals surface area contributed by atoms with E-state index in [1.54, 1.807) is 24.3 Å². The van der Waals surface area contributed by atoms with E-state index in [9.17, 15) is 22.8 Å². The Morgan fingerprint density at radius 1 is 1.00 bits per heavy atom. The van der Waals surface area contributed by atoms with E-state index in [0.29, 0.717) is 13.0 Å². The van der Waals surface area contributed by atoms with Gasteiger partial charge in [-0.3, -0.25) is 19.7 Å². The van der Waals surface area contributed by atoms with E-state index in [0.717, 1.165) is 6.42 Å². The van der Waals surface area contributed by atoms with Gasteiger partial charge in [-0.1, -0.05) is 41.4 Å². The lowest BCUT2D eigenvalue weighted by Gasteiger charge is -2.20. The van der Waals surface area contributed by atoms with E-state index in [-0.39, 0.29) is 48.7 Å². The Balaban J connectivity index is 1.77. The Hall–Kier alpha value is -3.48. The number of ketones is 1. The van der Waals surface area contributed by atoms with Gasteiger partial charge in [0.25, 0.3) is 0 Å². The fraction of sp³-hybridized carbons (Fsp3) is 0.250. The van der Waals surface area contributed by atoms with Gasteiger partial charge in [0, 0.05) is 21.7 Å². The highest BCUT2D eigenvalue weighted by molar-refractivity contribution is 7.89. The predicted molar refractivity (Wildman–Crippen MR) is 154 cm³/mol. The Morgan fingerprint density at radius 2 is 1.76 bits per heavy atom. The summed E-state index contributed by atoms with van der Waals surface area (Å²) < 4.78 is 40.4. The first kappa shape index (κ1) is 30.5. The number of methoxy groups -OCH3 is 2. The predicted octanol–water partition coefficient (Wildman–Crippen LogP) is 3.58. The first-order valence-corrected chi connectivity index (χ1v) is 14.7. The van der Waals surface area contributed by atoms with Crippen molar-refractivity contribution in [1.29, 1.82) is 0 Å². The standard InChI is InChI=1S/C28H27Cl2N3O7S/c1-39-22-11-12-23(41(37,38)32-15-24(34)33-28(36)21-8-5-13-31-21)25(27(22)40-2)17-10-9-16(29)14-19(17)26(35)18-6-3-4-7-20(18)30/h3-4,6-7,9-12,14,21,31-32H,5,8,13,15H2,1-2H3,(H,33,34,36)/t21-/m0/s1. The summed E-state index contributed by atoms with van der Waals surface area (Å²) in [5.41, 5.74) is 0.404. The molecule has 0 aromatic heterocycles. The molecule has 3 aromatic carbocycles. The van der Waals surface area contributed by atoms with Crippen LogP contribution in [-0.2, 0) is 19.6 Å². The Labute approximate surface area is 247 Å². The topological polar surface area (TPSA) is 140 Å². The maximum absolute atomic E-state index is 13.7. The second kappa shape index (κ2) is 13.0. The van der Waals surface area contributed by atoms with Crippen molar-refractivity contribution >= 4 is 50.8 Å². The number of imide groups is 1. The van der Waals surface area contributed by atoms with E-state index in [2.05, 4.69) is 15.4 Å². The monoisotopic (exact) mass is 619 g/mol. The molecule has 3 aromatic rings. The van der Waals surface area contributed by atoms with Crippen LogP contribution < -0.4 is 24.8 Å². The highest BCUT2D eigenvalue weighted by Gasteiger charge is 2.30. The molecule has 0 bridgehead atoms. The van der Waals surface area contributed by atoms with Gasteiger partial charge in [0.2, 0.25) is 21.8 Å².